The molecule has 2 aromatic rings. The Morgan fingerprint density at radius 3 is 2.67 bits per heavy atom. The van der Waals surface area contributed by atoms with E-state index < -0.39 is 0 Å². The summed E-state index contributed by atoms with van der Waals surface area (Å²) < 4.78 is 0. The number of hydrogen-bond acceptors (Lipinski definition) is 3. The van der Waals surface area contributed by atoms with Gasteiger partial charge in [0.25, 0.3) is 0 Å². The summed E-state index contributed by atoms with van der Waals surface area (Å²) >= 11 is 0. The fourth-order valence-electron chi connectivity index (χ4n) is 2.91. The maximum absolute atomic E-state index is 4.83. The standard InChI is InChI=1S/C18H23N3/c1-20(2)14-17-9-8-16-13-21(11-10-18(16)19-17)12-15-6-4-3-5-7-15/h3-9H,10-14H2,1-2H3. The normalized spacial score (nSPS) is 15.2. The van der Waals surface area contributed by atoms with Crippen LogP contribution >= 0.6 is 0 Å². The van der Waals surface area contributed by atoms with Gasteiger partial charge in [0.15, 0.2) is 0 Å². The largest absolute Gasteiger partial charge is 0.304 e. The molecule has 0 unspecified atom stereocenters. The van der Waals surface area contributed by atoms with Crippen LogP contribution in [-0.4, -0.2) is 35.4 Å². The van der Waals surface area contributed by atoms with Gasteiger partial charge in [-0.3, -0.25) is 9.88 Å². The Balaban J connectivity index is 1.68. The van der Waals surface area contributed by atoms with Gasteiger partial charge in [-0.05, 0) is 31.3 Å². The smallest absolute Gasteiger partial charge is 0.0547 e. The van der Waals surface area contributed by atoms with Crippen molar-refractivity contribution in [1.82, 2.24) is 14.8 Å². The van der Waals surface area contributed by atoms with Crippen LogP contribution in [0.25, 0.3) is 0 Å². The Labute approximate surface area is 127 Å². The summed E-state index contributed by atoms with van der Waals surface area (Å²) in [7, 11) is 4.17. The van der Waals surface area contributed by atoms with Gasteiger partial charge in [0, 0.05) is 38.3 Å². The zero-order chi connectivity index (χ0) is 14.7. The average molecular weight is 281 g/mol. The van der Waals surface area contributed by atoms with Crippen LogP contribution in [0.4, 0.5) is 0 Å². The first-order valence-electron chi connectivity index (χ1n) is 7.59. The highest BCUT2D eigenvalue weighted by molar-refractivity contribution is 5.26. The van der Waals surface area contributed by atoms with Crippen molar-refractivity contribution in [3.8, 4) is 0 Å². The summed E-state index contributed by atoms with van der Waals surface area (Å²) in [6.07, 6.45) is 1.06. The van der Waals surface area contributed by atoms with E-state index in [4.69, 9.17) is 4.98 Å². The number of rotatable bonds is 4. The SMILES string of the molecule is CN(C)Cc1ccc2c(n1)CCN(Cc1ccccc1)C2. The van der Waals surface area contributed by atoms with Crippen LogP contribution in [-0.2, 0) is 26.1 Å². The fraction of sp³-hybridized carbons (Fsp3) is 0.389. The molecule has 0 saturated heterocycles. The molecule has 21 heavy (non-hydrogen) atoms. The lowest BCUT2D eigenvalue weighted by Crippen LogP contribution is -2.31. The van der Waals surface area contributed by atoms with Crippen LogP contribution in [0.5, 0.6) is 0 Å². The molecule has 3 nitrogen and oxygen atoms in total. The number of benzene rings is 1. The van der Waals surface area contributed by atoms with Gasteiger partial charge < -0.3 is 4.90 Å². The van der Waals surface area contributed by atoms with Crippen LogP contribution in [0.3, 0.4) is 0 Å². The van der Waals surface area contributed by atoms with E-state index in [9.17, 15) is 0 Å². The third-order valence-corrected chi connectivity index (χ3v) is 3.91. The van der Waals surface area contributed by atoms with Crippen LogP contribution in [0.15, 0.2) is 42.5 Å². The molecule has 0 N–H and O–H groups in total. The summed E-state index contributed by atoms with van der Waals surface area (Å²) in [6.45, 7) is 4.06. The lowest BCUT2D eigenvalue weighted by atomic mass is 10.0. The topological polar surface area (TPSA) is 19.4 Å². The van der Waals surface area contributed by atoms with E-state index in [-0.39, 0.29) is 0 Å². The first kappa shape index (κ1) is 14.2. The highest BCUT2D eigenvalue weighted by Crippen LogP contribution is 2.19. The van der Waals surface area contributed by atoms with Crippen molar-refractivity contribution in [2.24, 2.45) is 0 Å². The highest BCUT2D eigenvalue weighted by Gasteiger charge is 2.17. The predicted molar refractivity (Wildman–Crippen MR) is 85.9 cm³/mol. The Hall–Kier alpha value is -1.71. The fourth-order valence-corrected chi connectivity index (χ4v) is 2.91. The zero-order valence-electron chi connectivity index (χ0n) is 12.9. The van der Waals surface area contributed by atoms with Gasteiger partial charge in [0.2, 0.25) is 0 Å². The molecule has 1 aliphatic heterocycles. The van der Waals surface area contributed by atoms with Crippen molar-refractivity contribution < 1.29 is 0 Å². The van der Waals surface area contributed by atoms with Gasteiger partial charge >= 0.3 is 0 Å². The minimum Gasteiger partial charge on any atom is -0.304 e. The van der Waals surface area contributed by atoms with E-state index in [1.54, 1.807) is 0 Å². The van der Waals surface area contributed by atoms with Crippen molar-refractivity contribution in [2.45, 2.75) is 26.1 Å². The van der Waals surface area contributed by atoms with E-state index in [0.717, 1.165) is 32.6 Å². The molecule has 1 aliphatic rings. The number of aromatic nitrogens is 1. The van der Waals surface area contributed by atoms with Crippen LogP contribution in [0, 0.1) is 0 Å². The van der Waals surface area contributed by atoms with Crippen LogP contribution in [0.2, 0.25) is 0 Å². The molecule has 0 saturated carbocycles. The monoisotopic (exact) mass is 281 g/mol. The number of hydrogen-bond donors (Lipinski definition) is 0. The quantitative estimate of drug-likeness (QED) is 0.859. The number of nitrogens with zero attached hydrogens (tertiary/aromatic N) is 3. The molecule has 0 radical (unpaired) electrons. The summed E-state index contributed by atoms with van der Waals surface area (Å²) in [6, 6.07) is 15.1. The van der Waals surface area contributed by atoms with Crippen molar-refractivity contribution in [3.05, 3.63) is 65.0 Å². The van der Waals surface area contributed by atoms with Crippen molar-refractivity contribution in [2.75, 3.05) is 20.6 Å². The third kappa shape index (κ3) is 3.69. The van der Waals surface area contributed by atoms with Crippen LogP contribution in [0.1, 0.15) is 22.5 Å². The van der Waals surface area contributed by atoms with Crippen LogP contribution < -0.4 is 0 Å². The first-order valence-corrected chi connectivity index (χ1v) is 7.59. The second-order valence-electron chi connectivity index (χ2n) is 6.09. The van der Waals surface area contributed by atoms with E-state index in [1.165, 1.54) is 22.5 Å². The molecular formula is C18H23N3. The highest BCUT2D eigenvalue weighted by atomic mass is 15.1. The second-order valence-corrected chi connectivity index (χ2v) is 6.09. The Bertz CT molecular complexity index is 593. The number of pyridine rings is 1. The first-order chi connectivity index (χ1) is 10.2. The molecule has 3 heteroatoms. The summed E-state index contributed by atoms with van der Waals surface area (Å²) in [5, 5.41) is 0. The van der Waals surface area contributed by atoms with Gasteiger partial charge in [-0.15, -0.1) is 0 Å². The van der Waals surface area contributed by atoms with E-state index in [1.807, 2.05) is 0 Å². The van der Waals surface area contributed by atoms with Gasteiger partial charge in [-0.1, -0.05) is 36.4 Å². The summed E-state index contributed by atoms with van der Waals surface area (Å²) in [5.74, 6) is 0. The molecular weight excluding hydrogens is 258 g/mol. The zero-order valence-corrected chi connectivity index (χ0v) is 12.9. The number of fused-ring (bicyclic) bond motifs is 1. The Morgan fingerprint density at radius 2 is 1.90 bits per heavy atom. The lowest BCUT2D eigenvalue weighted by molar-refractivity contribution is 0.243. The average Bonchev–Trinajstić information content (AvgIpc) is 2.48. The lowest BCUT2D eigenvalue weighted by Gasteiger charge is -2.28. The molecule has 0 spiro atoms. The van der Waals surface area contributed by atoms with Gasteiger partial charge in [0.05, 0.1) is 5.69 Å². The van der Waals surface area contributed by atoms with Crippen molar-refractivity contribution >= 4 is 0 Å². The predicted octanol–water partition coefficient (Wildman–Crippen LogP) is 2.70. The van der Waals surface area contributed by atoms with E-state index in [0.29, 0.717) is 0 Å². The maximum atomic E-state index is 4.83. The Kier molecular flexibility index (Phi) is 4.32. The van der Waals surface area contributed by atoms with Gasteiger partial charge in [-0.2, -0.15) is 0 Å². The molecule has 110 valence electrons. The van der Waals surface area contributed by atoms with Crippen molar-refractivity contribution in [1.29, 1.82) is 0 Å². The van der Waals surface area contributed by atoms with Gasteiger partial charge in [-0.25, -0.2) is 0 Å². The third-order valence-electron chi connectivity index (χ3n) is 3.91. The van der Waals surface area contributed by atoms with E-state index in [2.05, 4.69) is 66.4 Å². The minimum atomic E-state index is 0.918. The second kappa shape index (κ2) is 6.37. The Morgan fingerprint density at radius 1 is 1.10 bits per heavy atom. The molecule has 0 atom stereocenters. The van der Waals surface area contributed by atoms with Crippen molar-refractivity contribution in [3.63, 3.8) is 0 Å². The summed E-state index contributed by atoms with van der Waals surface area (Å²) in [5.41, 5.74) is 5.24. The summed E-state index contributed by atoms with van der Waals surface area (Å²) in [4.78, 5) is 9.50. The molecule has 0 aliphatic carbocycles. The molecule has 2 heterocycles. The maximum Gasteiger partial charge on any atom is 0.0547 e. The minimum absolute atomic E-state index is 0.918. The molecule has 1 aromatic carbocycles. The molecule has 0 amide bonds. The molecule has 0 bridgehead atoms. The molecule has 1 aromatic heterocycles. The van der Waals surface area contributed by atoms with Gasteiger partial charge in [0.1, 0.15) is 0 Å². The molecule has 3 rings (SSSR count). The molecule has 0 fully saturated rings. The van der Waals surface area contributed by atoms with E-state index >= 15 is 0 Å².